The van der Waals surface area contributed by atoms with Crippen LogP contribution in [0.15, 0.2) is 35.1 Å². The SMILES string of the molecule is COc1cc2nc(N3CCCC3c3cccc(NCCNC(C)=O)c3)[nH]c(=O)c2c(OC)c1OC. The summed E-state index contributed by atoms with van der Waals surface area (Å²) < 4.78 is 16.4. The number of ether oxygens (including phenoxy) is 3. The van der Waals surface area contributed by atoms with E-state index in [-0.39, 0.29) is 23.3 Å². The second kappa shape index (κ2) is 10.5. The molecule has 2 aromatic carbocycles. The Morgan fingerprint density at radius 3 is 2.66 bits per heavy atom. The molecule has 0 bridgehead atoms. The summed E-state index contributed by atoms with van der Waals surface area (Å²) in [7, 11) is 4.52. The number of nitrogens with zero attached hydrogens (tertiary/aromatic N) is 2. The number of rotatable bonds is 9. The van der Waals surface area contributed by atoms with Crippen molar-refractivity contribution in [3.8, 4) is 17.2 Å². The number of carbonyl (C=O) groups is 1. The summed E-state index contributed by atoms with van der Waals surface area (Å²) in [6.07, 6.45) is 1.91. The Morgan fingerprint density at radius 1 is 1.14 bits per heavy atom. The van der Waals surface area contributed by atoms with Crippen LogP contribution >= 0.6 is 0 Å². The van der Waals surface area contributed by atoms with Crippen LogP contribution in [0.2, 0.25) is 0 Å². The van der Waals surface area contributed by atoms with Gasteiger partial charge in [0.25, 0.3) is 5.56 Å². The Balaban J connectivity index is 1.65. The molecule has 0 spiro atoms. The van der Waals surface area contributed by atoms with Crippen LogP contribution in [0.25, 0.3) is 10.9 Å². The summed E-state index contributed by atoms with van der Waals surface area (Å²) >= 11 is 0. The molecule has 10 heteroatoms. The molecule has 1 aliphatic heterocycles. The maximum atomic E-state index is 13.2. The van der Waals surface area contributed by atoms with Crippen LogP contribution in [0.1, 0.15) is 31.4 Å². The van der Waals surface area contributed by atoms with Gasteiger partial charge in [0.2, 0.25) is 17.6 Å². The Morgan fingerprint density at radius 2 is 1.94 bits per heavy atom. The molecule has 1 aliphatic rings. The molecule has 1 unspecified atom stereocenters. The summed E-state index contributed by atoms with van der Waals surface area (Å²) in [5.74, 6) is 1.54. The number of H-pyrrole nitrogens is 1. The fourth-order valence-electron chi connectivity index (χ4n) is 4.56. The molecule has 1 atom stereocenters. The minimum Gasteiger partial charge on any atom is -0.493 e. The van der Waals surface area contributed by atoms with Crippen molar-refractivity contribution in [2.45, 2.75) is 25.8 Å². The summed E-state index contributed by atoms with van der Waals surface area (Å²) in [4.78, 5) is 34.1. The number of anilines is 2. The standard InChI is InChI=1S/C25H31N5O5/c1-15(31)26-10-11-27-17-8-5-7-16(13-17)19-9-6-12-30(19)25-28-18-14-20(33-2)22(34-3)23(35-4)21(18)24(32)29-25/h5,7-8,13-14,19,27H,6,9-12H2,1-4H3,(H,26,31)(H,28,29,32). The molecule has 1 aromatic heterocycles. The molecule has 1 saturated heterocycles. The van der Waals surface area contributed by atoms with E-state index >= 15 is 0 Å². The number of methoxy groups -OCH3 is 3. The van der Waals surface area contributed by atoms with E-state index in [9.17, 15) is 9.59 Å². The fraction of sp³-hybridized carbons (Fsp3) is 0.400. The van der Waals surface area contributed by atoms with Crippen LogP contribution in [0, 0.1) is 0 Å². The number of carbonyl (C=O) groups excluding carboxylic acids is 1. The highest BCUT2D eigenvalue weighted by Gasteiger charge is 2.29. The number of hydrogen-bond donors (Lipinski definition) is 3. The fourth-order valence-corrected chi connectivity index (χ4v) is 4.56. The molecule has 0 saturated carbocycles. The van der Waals surface area contributed by atoms with E-state index in [0.717, 1.165) is 30.6 Å². The van der Waals surface area contributed by atoms with Gasteiger partial charge in [0, 0.05) is 38.3 Å². The molecule has 2 heterocycles. The predicted octanol–water partition coefficient (Wildman–Crippen LogP) is 2.84. The minimum atomic E-state index is -0.304. The van der Waals surface area contributed by atoms with E-state index in [1.54, 1.807) is 6.07 Å². The van der Waals surface area contributed by atoms with E-state index in [1.807, 2.05) is 12.1 Å². The van der Waals surface area contributed by atoms with Gasteiger partial charge in [-0.1, -0.05) is 12.1 Å². The second-order valence-electron chi connectivity index (χ2n) is 8.32. The van der Waals surface area contributed by atoms with Crippen LogP contribution in [0.5, 0.6) is 17.2 Å². The lowest BCUT2D eigenvalue weighted by molar-refractivity contribution is -0.118. The first-order chi connectivity index (χ1) is 17.0. The molecule has 4 rings (SSSR count). The van der Waals surface area contributed by atoms with Crippen LogP contribution < -0.4 is 35.3 Å². The van der Waals surface area contributed by atoms with Crippen molar-refractivity contribution in [2.75, 3.05) is 51.2 Å². The van der Waals surface area contributed by atoms with Crippen molar-refractivity contribution in [3.05, 3.63) is 46.2 Å². The zero-order valence-corrected chi connectivity index (χ0v) is 20.4. The topological polar surface area (TPSA) is 118 Å². The van der Waals surface area contributed by atoms with Crippen molar-refractivity contribution >= 4 is 28.4 Å². The third-order valence-corrected chi connectivity index (χ3v) is 6.11. The maximum absolute atomic E-state index is 13.2. The number of hydrogen-bond acceptors (Lipinski definition) is 8. The van der Waals surface area contributed by atoms with Gasteiger partial charge in [0.15, 0.2) is 11.5 Å². The molecule has 10 nitrogen and oxygen atoms in total. The number of benzene rings is 2. The zero-order valence-electron chi connectivity index (χ0n) is 20.4. The van der Waals surface area contributed by atoms with Crippen molar-refractivity contribution in [1.82, 2.24) is 15.3 Å². The van der Waals surface area contributed by atoms with Crippen LogP contribution in [0.4, 0.5) is 11.6 Å². The molecule has 1 amide bonds. The first kappa shape index (κ1) is 24.2. The van der Waals surface area contributed by atoms with Crippen molar-refractivity contribution in [1.29, 1.82) is 0 Å². The van der Waals surface area contributed by atoms with Crippen LogP contribution in [-0.4, -0.2) is 56.8 Å². The average Bonchev–Trinajstić information content (AvgIpc) is 3.35. The molecule has 0 radical (unpaired) electrons. The average molecular weight is 482 g/mol. The molecule has 186 valence electrons. The van der Waals surface area contributed by atoms with E-state index < -0.39 is 0 Å². The van der Waals surface area contributed by atoms with Gasteiger partial charge >= 0.3 is 0 Å². The summed E-state index contributed by atoms with van der Waals surface area (Å²) in [5.41, 5.74) is 2.26. The summed E-state index contributed by atoms with van der Waals surface area (Å²) in [5, 5.41) is 6.44. The monoisotopic (exact) mass is 481 g/mol. The zero-order chi connectivity index (χ0) is 24.9. The number of aromatic amines is 1. The Bertz CT molecular complexity index is 1280. The van der Waals surface area contributed by atoms with Gasteiger partial charge in [-0.3, -0.25) is 14.6 Å². The third-order valence-electron chi connectivity index (χ3n) is 6.11. The highest BCUT2D eigenvalue weighted by Crippen LogP contribution is 2.42. The second-order valence-corrected chi connectivity index (χ2v) is 8.32. The maximum Gasteiger partial charge on any atom is 0.264 e. The highest BCUT2D eigenvalue weighted by atomic mass is 16.5. The predicted molar refractivity (Wildman–Crippen MR) is 135 cm³/mol. The lowest BCUT2D eigenvalue weighted by Crippen LogP contribution is -2.27. The van der Waals surface area contributed by atoms with Gasteiger partial charge in [0.05, 0.1) is 32.9 Å². The number of amides is 1. The number of nitrogens with one attached hydrogen (secondary N) is 3. The van der Waals surface area contributed by atoms with Gasteiger partial charge in [-0.05, 0) is 30.5 Å². The summed E-state index contributed by atoms with van der Waals surface area (Å²) in [6.45, 7) is 3.45. The molecule has 3 aromatic rings. The van der Waals surface area contributed by atoms with Gasteiger partial charge in [-0.2, -0.15) is 0 Å². The molecule has 0 aliphatic carbocycles. The lowest BCUT2D eigenvalue weighted by atomic mass is 10.0. The first-order valence-electron chi connectivity index (χ1n) is 11.5. The van der Waals surface area contributed by atoms with E-state index in [2.05, 4.69) is 32.7 Å². The van der Waals surface area contributed by atoms with Crippen molar-refractivity contribution < 1.29 is 19.0 Å². The van der Waals surface area contributed by atoms with Crippen molar-refractivity contribution in [2.24, 2.45) is 0 Å². The molecule has 35 heavy (non-hydrogen) atoms. The Kier molecular flexibility index (Phi) is 7.28. The van der Waals surface area contributed by atoms with Crippen LogP contribution in [-0.2, 0) is 4.79 Å². The summed E-state index contributed by atoms with van der Waals surface area (Å²) in [6, 6.07) is 9.95. The first-order valence-corrected chi connectivity index (χ1v) is 11.5. The highest BCUT2D eigenvalue weighted by molar-refractivity contribution is 5.90. The third kappa shape index (κ3) is 4.96. The quantitative estimate of drug-likeness (QED) is 0.400. The van der Waals surface area contributed by atoms with E-state index in [0.29, 0.717) is 41.4 Å². The molecular formula is C25H31N5O5. The van der Waals surface area contributed by atoms with Gasteiger partial charge in [-0.15, -0.1) is 0 Å². The number of fused-ring (bicyclic) bond motifs is 1. The normalized spacial score (nSPS) is 15.2. The Hall–Kier alpha value is -3.95. The lowest BCUT2D eigenvalue weighted by Gasteiger charge is -2.26. The minimum absolute atomic E-state index is 0.0484. The van der Waals surface area contributed by atoms with Crippen LogP contribution in [0.3, 0.4) is 0 Å². The molecule has 1 fully saturated rings. The van der Waals surface area contributed by atoms with Gasteiger partial charge in [-0.25, -0.2) is 4.98 Å². The van der Waals surface area contributed by atoms with E-state index in [4.69, 9.17) is 19.2 Å². The number of aromatic nitrogens is 2. The molecular weight excluding hydrogens is 450 g/mol. The van der Waals surface area contributed by atoms with Gasteiger partial charge < -0.3 is 29.7 Å². The van der Waals surface area contributed by atoms with Gasteiger partial charge in [0.1, 0.15) is 5.39 Å². The van der Waals surface area contributed by atoms with Crippen molar-refractivity contribution in [3.63, 3.8) is 0 Å². The largest absolute Gasteiger partial charge is 0.493 e. The molecule has 3 N–H and O–H groups in total. The smallest absolute Gasteiger partial charge is 0.264 e. The van der Waals surface area contributed by atoms with E-state index in [1.165, 1.54) is 28.3 Å². The Labute approximate surface area is 203 Å².